The molecule has 0 aliphatic carbocycles. The zero-order valence-corrected chi connectivity index (χ0v) is 9.82. The van der Waals surface area contributed by atoms with Crippen LogP contribution >= 0.6 is 0 Å². The number of hydrogen-bond acceptors (Lipinski definition) is 4. The molecule has 5 heteroatoms. The Bertz CT molecular complexity index is 455. The van der Waals surface area contributed by atoms with Gasteiger partial charge >= 0.3 is 0 Å². The van der Waals surface area contributed by atoms with Gasteiger partial charge in [0.2, 0.25) is 11.8 Å². The zero-order chi connectivity index (χ0) is 12.4. The molecule has 1 aliphatic rings. The summed E-state index contributed by atoms with van der Waals surface area (Å²) in [6.45, 7) is 2.34. The summed E-state index contributed by atoms with van der Waals surface area (Å²) in [4.78, 5) is 24.3. The molecule has 2 amide bonds. The third-order valence-electron chi connectivity index (χ3n) is 2.69. The van der Waals surface area contributed by atoms with E-state index in [4.69, 9.17) is 4.74 Å². The third-order valence-corrected chi connectivity index (χ3v) is 2.69. The maximum atomic E-state index is 11.3. The fourth-order valence-electron chi connectivity index (χ4n) is 1.88. The van der Waals surface area contributed by atoms with Crippen molar-refractivity contribution in [2.75, 3.05) is 25.1 Å². The fourth-order valence-corrected chi connectivity index (χ4v) is 1.88. The predicted octanol–water partition coefficient (Wildman–Crippen LogP) is 0.466. The summed E-state index contributed by atoms with van der Waals surface area (Å²) in [6.07, 6.45) is 0. The highest BCUT2D eigenvalue weighted by molar-refractivity contribution is 6.02. The van der Waals surface area contributed by atoms with Gasteiger partial charge < -0.3 is 9.64 Å². The molecule has 0 aromatic heterocycles. The molecule has 0 radical (unpaired) electrons. The van der Waals surface area contributed by atoms with Gasteiger partial charge in [0.25, 0.3) is 0 Å². The lowest BCUT2D eigenvalue weighted by Crippen LogP contribution is -2.51. The Labute approximate surface area is 99.4 Å². The van der Waals surface area contributed by atoms with E-state index in [1.165, 1.54) is 0 Å². The summed E-state index contributed by atoms with van der Waals surface area (Å²) >= 11 is 0. The van der Waals surface area contributed by atoms with E-state index in [0.717, 1.165) is 17.0 Å². The van der Waals surface area contributed by atoms with Crippen LogP contribution in [0, 0.1) is 6.92 Å². The molecule has 17 heavy (non-hydrogen) atoms. The molecule has 1 aliphatic heterocycles. The van der Waals surface area contributed by atoms with Crippen molar-refractivity contribution in [2.45, 2.75) is 6.92 Å². The Morgan fingerprint density at radius 1 is 1.24 bits per heavy atom. The summed E-state index contributed by atoms with van der Waals surface area (Å²) in [5, 5.41) is 2.27. The molecule has 1 heterocycles. The number of ether oxygens (including phenoxy) is 1. The van der Waals surface area contributed by atoms with Crippen LogP contribution in [0.15, 0.2) is 18.2 Å². The van der Waals surface area contributed by atoms with Gasteiger partial charge in [-0.05, 0) is 30.7 Å². The second-order valence-electron chi connectivity index (χ2n) is 3.98. The Morgan fingerprint density at radius 2 is 1.88 bits per heavy atom. The van der Waals surface area contributed by atoms with E-state index >= 15 is 0 Å². The van der Waals surface area contributed by atoms with E-state index in [0.29, 0.717) is 0 Å². The molecule has 0 saturated carbocycles. The van der Waals surface area contributed by atoms with Crippen molar-refractivity contribution in [2.24, 2.45) is 0 Å². The van der Waals surface area contributed by atoms with Gasteiger partial charge in [-0.1, -0.05) is 0 Å². The first-order valence-electron chi connectivity index (χ1n) is 5.32. The number of carbonyl (C=O) groups excluding carboxylic acids is 2. The minimum atomic E-state index is -0.269. The van der Waals surface area contributed by atoms with Gasteiger partial charge in [0.1, 0.15) is 5.75 Å². The lowest BCUT2D eigenvalue weighted by molar-refractivity contribution is -0.130. The fraction of sp³-hybridized carbons (Fsp3) is 0.333. The monoisotopic (exact) mass is 234 g/mol. The highest BCUT2D eigenvalue weighted by Gasteiger charge is 2.22. The molecule has 5 nitrogen and oxygen atoms in total. The van der Waals surface area contributed by atoms with Crippen LogP contribution in [0.25, 0.3) is 0 Å². The Hall–Kier alpha value is -2.04. The Balaban J connectivity index is 2.25. The number of nitrogens with one attached hydrogen (secondary N) is 1. The number of benzene rings is 1. The second kappa shape index (κ2) is 4.45. The Kier molecular flexibility index (Phi) is 2.99. The van der Waals surface area contributed by atoms with Crippen LogP contribution in [0.2, 0.25) is 0 Å². The molecule has 1 aromatic rings. The average molecular weight is 234 g/mol. The number of amides is 2. The number of anilines is 1. The van der Waals surface area contributed by atoms with Crippen LogP contribution < -0.4 is 15.0 Å². The molecule has 0 atom stereocenters. The van der Waals surface area contributed by atoms with E-state index < -0.39 is 0 Å². The van der Waals surface area contributed by atoms with Crippen molar-refractivity contribution in [3.05, 3.63) is 23.8 Å². The van der Waals surface area contributed by atoms with Gasteiger partial charge in [0.15, 0.2) is 0 Å². The largest absolute Gasteiger partial charge is 0.496 e. The number of rotatable bonds is 2. The van der Waals surface area contributed by atoms with Crippen LogP contribution in [0.1, 0.15) is 5.56 Å². The molecule has 1 saturated heterocycles. The van der Waals surface area contributed by atoms with Crippen LogP contribution in [0.5, 0.6) is 5.75 Å². The molecular weight excluding hydrogens is 220 g/mol. The van der Waals surface area contributed by atoms with Crippen molar-refractivity contribution in [1.82, 2.24) is 5.32 Å². The van der Waals surface area contributed by atoms with Gasteiger partial charge in [-0.2, -0.15) is 0 Å². The summed E-state index contributed by atoms with van der Waals surface area (Å²) in [7, 11) is 1.61. The number of hydrogen-bond donors (Lipinski definition) is 1. The van der Waals surface area contributed by atoms with Crippen LogP contribution in [0.4, 0.5) is 5.69 Å². The average Bonchev–Trinajstić information content (AvgIpc) is 2.27. The highest BCUT2D eigenvalue weighted by Crippen LogP contribution is 2.24. The molecule has 1 aromatic carbocycles. The molecule has 0 spiro atoms. The Morgan fingerprint density at radius 3 is 2.41 bits per heavy atom. The van der Waals surface area contributed by atoms with Crippen LogP contribution in [-0.2, 0) is 9.59 Å². The summed E-state index contributed by atoms with van der Waals surface area (Å²) in [5.41, 5.74) is 1.83. The molecule has 1 N–H and O–H groups in total. The normalized spacial score (nSPS) is 15.8. The SMILES string of the molecule is COc1ccc(N2CC(=O)NC(=O)C2)cc1C. The number of nitrogens with zero attached hydrogens (tertiary/aromatic N) is 1. The molecule has 0 bridgehead atoms. The third kappa shape index (κ3) is 2.38. The first kappa shape index (κ1) is 11.4. The van der Waals surface area contributed by atoms with E-state index in [1.54, 1.807) is 12.0 Å². The van der Waals surface area contributed by atoms with Crippen molar-refractivity contribution in [3.8, 4) is 5.75 Å². The number of aryl methyl sites for hydroxylation is 1. The number of carbonyl (C=O) groups is 2. The van der Waals surface area contributed by atoms with E-state index in [2.05, 4.69) is 5.32 Å². The topological polar surface area (TPSA) is 58.6 Å². The van der Waals surface area contributed by atoms with Gasteiger partial charge in [-0.3, -0.25) is 14.9 Å². The number of methoxy groups -OCH3 is 1. The van der Waals surface area contributed by atoms with Crippen LogP contribution in [0.3, 0.4) is 0 Å². The smallest absolute Gasteiger partial charge is 0.246 e. The maximum Gasteiger partial charge on any atom is 0.246 e. The van der Waals surface area contributed by atoms with E-state index in [1.807, 2.05) is 25.1 Å². The number of piperazine rings is 1. The highest BCUT2D eigenvalue weighted by atomic mass is 16.5. The summed E-state index contributed by atoms with van der Waals surface area (Å²) in [5.74, 6) is 0.256. The lowest BCUT2D eigenvalue weighted by atomic mass is 10.1. The molecular formula is C12H14N2O3. The molecule has 90 valence electrons. The van der Waals surface area contributed by atoms with Gasteiger partial charge in [-0.25, -0.2) is 0 Å². The van der Waals surface area contributed by atoms with Gasteiger partial charge in [-0.15, -0.1) is 0 Å². The first-order valence-corrected chi connectivity index (χ1v) is 5.32. The van der Waals surface area contributed by atoms with Crippen LogP contribution in [-0.4, -0.2) is 32.0 Å². The van der Waals surface area contributed by atoms with E-state index in [9.17, 15) is 9.59 Å². The minimum Gasteiger partial charge on any atom is -0.496 e. The predicted molar refractivity (Wildman–Crippen MR) is 63.1 cm³/mol. The summed E-state index contributed by atoms with van der Waals surface area (Å²) in [6, 6.07) is 5.59. The summed E-state index contributed by atoms with van der Waals surface area (Å²) < 4.78 is 5.16. The first-order chi connectivity index (χ1) is 8.10. The number of imide groups is 1. The molecule has 2 rings (SSSR count). The van der Waals surface area contributed by atoms with Crippen molar-refractivity contribution in [1.29, 1.82) is 0 Å². The zero-order valence-electron chi connectivity index (χ0n) is 9.82. The molecule has 0 unspecified atom stereocenters. The maximum absolute atomic E-state index is 11.3. The van der Waals surface area contributed by atoms with Gasteiger partial charge in [0, 0.05) is 5.69 Å². The molecule has 1 fully saturated rings. The lowest BCUT2D eigenvalue weighted by Gasteiger charge is -2.27. The minimum absolute atomic E-state index is 0.206. The van der Waals surface area contributed by atoms with Gasteiger partial charge in [0.05, 0.1) is 20.2 Å². The van der Waals surface area contributed by atoms with Crippen molar-refractivity contribution < 1.29 is 14.3 Å². The van der Waals surface area contributed by atoms with E-state index in [-0.39, 0.29) is 24.9 Å². The van der Waals surface area contributed by atoms with Crippen molar-refractivity contribution in [3.63, 3.8) is 0 Å². The quantitative estimate of drug-likeness (QED) is 0.755. The standard InChI is InChI=1S/C12H14N2O3/c1-8-5-9(3-4-10(8)17-2)14-6-11(15)13-12(16)7-14/h3-5H,6-7H2,1-2H3,(H,13,15,16). The second-order valence-corrected chi connectivity index (χ2v) is 3.98. The van der Waals surface area contributed by atoms with Crippen molar-refractivity contribution >= 4 is 17.5 Å².